The van der Waals surface area contributed by atoms with Crippen molar-refractivity contribution in [3.63, 3.8) is 0 Å². The van der Waals surface area contributed by atoms with Crippen LogP contribution in [-0.2, 0) is 9.53 Å². The predicted octanol–water partition coefficient (Wildman–Crippen LogP) is 0.686. The van der Waals surface area contributed by atoms with Gasteiger partial charge in [-0.3, -0.25) is 15.4 Å². The summed E-state index contributed by atoms with van der Waals surface area (Å²) in [6.45, 7) is 0. The van der Waals surface area contributed by atoms with E-state index in [1.807, 2.05) is 6.07 Å². The molecule has 3 N–H and O–H groups in total. The molecule has 1 atom stereocenters. The van der Waals surface area contributed by atoms with Gasteiger partial charge in [-0.15, -0.1) is 12.4 Å². The summed E-state index contributed by atoms with van der Waals surface area (Å²) in [5.74, 6) is 4.46. The number of esters is 1. The maximum atomic E-state index is 11.7. The number of ketones is 1. The second-order valence-corrected chi connectivity index (χ2v) is 3.24. The quantitative estimate of drug-likeness (QED) is 0.351. The second-order valence-electron chi connectivity index (χ2n) is 3.24. The minimum absolute atomic E-state index is 0. The number of benzene rings is 1. The summed E-state index contributed by atoms with van der Waals surface area (Å²) >= 11 is 0. The van der Waals surface area contributed by atoms with E-state index in [0.29, 0.717) is 5.56 Å². The first-order valence-corrected chi connectivity index (χ1v) is 4.81. The van der Waals surface area contributed by atoms with Gasteiger partial charge in [-0.1, -0.05) is 30.3 Å². The van der Waals surface area contributed by atoms with Gasteiger partial charge in [0, 0.05) is 12.0 Å². The van der Waals surface area contributed by atoms with E-state index in [2.05, 4.69) is 10.2 Å². The predicted molar refractivity (Wildman–Crippen MR) is 65.8 cm³/mol. The molecule has 0 bridgehead atoms. The Morgan fingerprint density at radius 1 is 1.35 bits per heavy atom. The standard InChI is InChI=1S/C11H14N2O3.ClH/c1-16-11(15)9(13-12)7-10(14)8-5-3-2-4-6-8;/h2-6,9,13H,7,12H2,1H3;1H. The van der Waals surface area contributed by atoms with Crippen LogP contribution in [0, 0.1) is 0 Å². The molecule has 0 radical (unpaired) electrons. The van der Waals surface area contributed by atoms with Crippen LogP contribution in [0.3, 0.4) is 0 Å². The second kappa shape index (κ2) is 7.78. The molecule has 0 saturated carbocycles. The summed E-state index contributed by atoms with van der Waals surface area (Å²) in [4.78, 5) is 22.9. The van der Waals surface area contributed by atoms with Gasteiger partial charge in [0.1, 0.15) is 6.04 Å². The minimum atomic E-state index is -0.808. The number of carbonyl (C=O) groups excluding carboxylic acids is 2. The summed E-state index contributed by atoms with van der Waals surface area (Å²) < 4.78 is 4.51. The number of halogens is 1. The van der Waals surface area contributed by atoms with Crippen molar-refractivity contribution in [1.82, 2.24) is 5.43 Å². The Hall–Kier alpha value is -1.43. The van der Waals surface area contributed by atoms with E-state index in [4.69, 9.17) is 5.84 Å². The number of nitrogens with two attached hydrogens (primary N) is 1. The molecule has 0 saturated heterocycles. The molecule has 0 aliphatic rings. The third-order valence-electron chi connectivity index (χ3n) is 2.17. The molecule has 0 spiro atoms. The van der Waals surface area contributed by atoms with Gasteiger partial charge >= 0.3 is 5.97 Å². The SMILES string of the molecule is COC(=O)C(CC(=O)c1ccccc1)NN.Cl. The van der Waals surface area contributed by atoms with Crippen LogP contribution in [0.15, 0.2) is 30.3 Å². The molecule has 0 amide bonds. The monoisotopic (exact) mass is 258 g/mol. The molecule has 0 heterocycles. The Bertz CT molecular complexity index is 370. The summed E-state index contributed by atoms with van der Waals surface area (Å²) in [6.07, 6.45) is -0.0206. The van der Waals surface area contributed by atoms with Crippen LogP contribution in [0.1, 0.15) is 16.8 Å². The fourth-order valence-corrected chi connectivity index (χ4v) is 1.28. The summed E-state index contributed by atoms with van der Waals surface area (Å²) in [5.41, 5.74) is 2.81. The fourth-order valence-electron chi connectivity index (χ4n) is 1.28. The lowest BCUT2D eigenvalue weighted by atomic mass is 10.0. The summed E-state index contributed by atoms with van der Waals surface area (Å²) in [5, 5.41) is 0. The van der Waals surface area contributed by atoms with Gasteiger partial charge in [-0.25, -0.2) is 5.43 Å². The first-order valence-electron chi connectivity index (χ1n) is 4.81. The Kier molecular flexibility index (Phi) is 7.13. The molecule has 1 rings (SSSR count). The molecular formula is C11H15ClN2O3. The van der Waals surface area contributed by atoms with Crippen LogP contribution in [0.5, 0.6) is 0 Å². The Morgan fingerprint density at radius 3 is 2.41 bits per heavy atom. The van der Waals surface area contributed by atoms with Gasteiger partial charge in [0.05, 0.1) is 7.11 Å². The van der Waals surface area contributed by atoms with Crippen LogP contribution in [0.25, 0.3) is 0 Å². The van der Waals surface area contributed by atoms with Crippen molar-refractivity contribution in [2.45, 2.75) is 12.5 Å². The molecule has 5 nitrogen and oxygen atoms in total. The van der Waals surface area contributed by atoms with E-state index in [-0.39, 0.29) is 24.6 Å². The van der Waals surface area contributed by atoms with E-state index < -0.39 is 12.0 Å². The van der Waals surface area contributed by atoms with Crippen molar-refractivity contribution >= 4 is 24.2 Å². The topological polar surface area (TPSA) is 81.4 Å². The smallest absolute Gasteiger partial charge is 0.324 e. The molecule has 0 aliphatic carbocycles. The number of hydrogen-bond donors (Lipinski definition) is 2. The number of Topliss-reactive ketones (excluding diaryl/α,β-unsaturated/α-hetero) is 1. The van der Waals surface area contributed by atoms with E-state index >= 15 is 0 Å². The molecule has 1 unspecified atom stereocenters. The minimum Gasteiger partial charge on any atom is -0.468 e. The maximum absolute atomic E-state index is 11.7. The molecule has 1 aromatic rings. The number of hydrogen-bond acceptors (Lipinski definition) is 5. The van der Waals surface area contributed by atoms with Gasteiger partial charge in [0.15, 0.2) is 5.78 Å². The van der Waals surface area contributed by atoms with Gasteiger partial charge in [0.25, 0.3) is 0 Å². The third-order valence-corrected chi connectivity index (χ3v) is 2.17. The van der Waals surface area contributed by atoms with Crippen molar-refractivity contribution in [1.29, 1.82) is 0 Å². The van der Waals surface area contributed by atoms with Gasteiger partial charge in [-0.05, 0) is 0 Å². The number of rotatable bonds is 5. The maximum Gasteiger partial charge on any atom is 0.324 e. The zero-order chi connectivity index (χ0) is 12.0. The third kappa shape index (κ3) is 4.52. The normalized spacial score (nSPS) is 11.2. The lowest BCUT2D eigenvalue weighted by Gasteiger charge is -2.12. The average Bonchev–Trinajstić information content (AvgIpc) is 2.35. The summed E-state index contributed by atoms with van der Waals surface area (Å²) in [7, 11) is 1.25. The molecule has 0 fully saturated rings. The highest BCUT2D eigenvalue weighted by Gasteiger charge is 2.21. The lowest BCUT2D eigenvalue weighted by Crippen LogP contribution is -2.43. The number of ether oxygens (including phenoxy) is 1. The van der Waals surface area contributed by atoms with Crippen molar-refractivity contribution < 1.29 is 14.3 Å². The zero-order valence-electron chi connectivity index (χ0n) is 9.38. The van der Waals surface area contributed by atoms with Crippen molar-refractivity contribution in [2.24, 2.45) is 5.84 Å². The van der Waals surface area contributed by atoms with Gasteiger partial charge in [0.2, 0.25) is 0 Å². The fraction of sp³-hybridized carbons (Fsp3) is 0.273. The highest BCUT2D eigenvalue weighted by atomic mass is 35.5. The Balaban J connectivity index is 0.00000256. The molecular weight excluding hydrogens is 244 g/mol. The van der Waals surface area contributed by atoms with Crippen molar-refractivity contribution in [3.05, 3.63) is 35.9 Å². The van der Waals surface area contributed by atoms with Crippen LogP contribution < -0.4 is 11.3 Å². The number of nitrogens with one attached hydrogen (secondary N) is 1. The molecule has 94 valence electrons. The van der Waals surface area contributed by atoms with Gasteiger partial charge in [-0.2, -0.15) is 0 Å². The lowest BCUT2D eigenvalue weighted by molar-refractivity contribution is -0.143. The van der Waals surface area contributed by atoms with Crippen molar-refractivity contribution in [3.8, 4) is 0 Å². The first kappa shape index (κ1) is 15.6. The van der Waals surface area contributed by atoms with Crippen LogP contribution in [-0.4, -0.2) is 24.9 Å². The highest BCUT2D eigenvalue weighted by Crippen LogP contribution is 2.05. The van der Waals surface area contributed by atoms with Crippen LogP contribution in [0.2, 0.25) is 0 Å². The molecule has 6 heteroatoms. The van der Waals surface area contributed by atoms with Gasteiger partial charge < -0.3 is 4.74 Å². The highest BCUT2D eigenvalue weighted by molar-refractivity contribution is 5.98. The molecule has 0 aliphatic heterocycles. The van der Waals surface area contributed by atoms with E-state index in [1.165, 1.54) is 7.11 Å². The summed E-state index contributed by atoms with van der Waals surface area (Å²) in [6, 6.07) is 7.90. The Morgan fingerprint density at radius 2 is 1.94 bits per heavy atom. The van der Waals surface area contributed by atoms with Crippen LogP contribution in [0.4, 0.5) is 0 Å². The van der Waals surface area contributed by atoms with Crippen molar-refractivity contribution in [2.75, 3.05) is 7.11 Å². The molecule has 0 aromatic heterocycles. The molecule has 17 heavy (non-hydrogen) atoms. The first-order chi connectivity index (χ1) is 7.69. The molecule has 1 aromatic carbocycles. The number of carbonyl (C=O) groups is 2. The number of hydrazine groups is 1. The van der Waals surface area contributed by atoms with E-state index in [1.54, 1.807) is 24.3 Å². The van der Waals surface area contributed by atoms with Crippen LogP contribution >= 0.6 is 12.4 Å². The largest absolute Gasteiger partial charge is 0.468 e. The van der Waals surface area contributed by atoms with E-state index in [9.17, 15) is 9.59 Å². The number of methoxy groups -OCH3 is 1. The Labute approximate surface area is 106 Å². The average molecular weight is 259 g/mol. The zero-order valence-corrected chi connectivity index (χ0v) is 10.2. The van der Waals surface area contributed by atoms with E-state index in [0.717, 1.165) is 0 Å².